The van der Waals surface area contributed by atoms with Crippen LogP contribution in [0.1, 0.15) is 25.5 Å². The van der Waals surface area contributed by atoms with Crippen molar-refractivity contribution in [2.75, 3.05) is 6.54 Å². The Morgan fingerprint density at radius 2 is 2.20 bits per heavy atom. The van der Waals surface area contributed by atoms with Crippen LogP contribution in [0.2, 0.25) is 0 Å². The van der Waals surface area contributed by atoms with Gasteiger partial charge in [0.15, 0.2) is 0 Å². The maximum atomic E-state index is 11.6. The molecule has 1 aromatic rings. The van der Waals surface area contributed by atoms with Crippen molar-refractivity contribution in [3.05, 3.63) is 18.2 Å². The Bertz CT molecular complexity index is 458. The largest absolute Gasteiger partial charge is 0.480 e. The number of aromatic nitrogens is 2. The fourth-order valence-corrected chi connectivity index (χ4v) is 1.60. The number of hydrogen-bond donors (Lipinski definition) is 4. The quantitative estimate of drug-likeness (QED) is 0.476. The highest BCUT2D eigenvalue weighted by Gasteiger charge is 2.20. The molecule has 0 aromatic carbocycles. The van der Waals surface area contributed by atoms with E-state index in [1.54, 1.807) is 0 Å². The SMILES string of the molecule is CC(=O)NCCCC(=O)NC(Cc1cnc[nH]1)C(=O)O. The lowest BCUT2D eigenvalue weighted by Gasteiger charge is -2.13. The second-order valence-corrected chi connectivity index (χ2v) is 4.33. The van der Waals surface area contributed by atoms with Crippen LogP contribution in [0.15, 0.2) is 12.5 Å². The molecule has 0 aliphatic rings. The van der Waals surface area contributed by atoms with Crippen molar-refractivity contribution in [2.45, 2.75) is 32.2 Å². The van der Waals surface area contributed by atoms with Crippen molar-refractivity contribution < 1.29 is 19.5 Å². The lowest BCUT2D eigenvalue weighted by atomic mass is 10.1. The third-order valence-corrected chi connectivity index (χ3v) is 2.57. The summed E-state index contributed by atoms with van der Waals surface area (Å²) in [4.78, 5) is 39.9. The molecule has 2 amide bonds. The van der Waals surface area contributed by atoms with Gasteiger partial charge in [0.2, 0.25) is 11.8 Å². The van der Waals surface area contributed by atoms with Gasteiger partial charge in [0.25, 0.3) is 0 Å². The number of carboxylic acid groups (broad SMARTS) is 1. The van der Waals surface area contributed by atoms with Gasteiger partial charge in [-0.3, -0.25) is 9.59 Å². The van der Waals surface area contributed by atoms with E-state index in [1.165, 1.54) is 19.4 Å². The standard InChI is InChI=1S/C12H18N4O4/c1-8(17)14-4-2-3-11(18)16-10(12(19)20)5-9-6-13-7-15-9/h6-7,10H,2-5H2,1H3,(H,13,15)(H,14,17)(H,16,18)(H,19,20). The summed E-state index contributed by atoms with van der Waals surface area (Å²) < 4.78 is 0. The molecule has 4 N–H and O–H groups in total. The molecule has 0 bridgehead atoms. The number of H-pyrrole nitrogens is 1. The van der Waals surface area contributed by atoms with Crippen LogP contribution in [0.25, 0.3) is 0 Å². The van der Waals surface area contributed by atoms with Crippen molar-refractivity contribution >= 4 is 17.8 Å². The highest BCUT2D eigenvalue weighted by Crippen LogP contribution is 2.00. The molecular weight excluding hydrogens is 264 g/mol. The van der Waals surface area contributed by atoms with Crippen molar-refractivity contribution in [1.29, 1.82) is 0 Å². The molecule has 0 aliphatic carbocycles. The predicted molar refractivity (Wildman–Crippen MR) is 69.8 cm³/mol. The fraction of sp³-hybridized carbons (Fsp3) is 0.500. The number of rotatable bonds is 8. The van der Waals surface area contributed by atoms with Gasteiger partial charge in [0.05, 0.1) is 6.33 Å². The third kappa shape index (κ3) is 5.98. The zero-order valence-electron chi connectivity index (χ0n) is 11.2. The summed E-state index contributed by atoms with van der Waals surface area (Å²) in [6, 6.07) is -0.997. The minimum atomic E-state index is -1.10. The van der Waals surface area contributed by atoms with Crippen LogP contribution >= 0.6 is 0 Å². The molecule has 1 unspecified atom stereocenters. The molecule has 110 valence electrons. The first-order valence-electron chi connectivity index (χ1n) is 6.23. The van der Waals surface area contributed by atoms with Gasteiger partial charge in [-0.15, -0.1) is 0 Å². The smallest absolute Gasteiger partial charge is 0.326 e. The van der Waals surface area contributed by atoms with E-state index in [-0.39, 0.29) is 24.7 Å². The second kappa shape index (κ2) is 7.93. The Morgan fingerprint density at radius 3 is 2.75 bits per heavy atom. The fourth-order valence-electron chi connectivity index (χ4n) is 1.60. The summed E-state index contributed by atoms with van der Waals surface area (Å²) in [6.07, 6.45) is 3.73. The van der Waals surface area contributed by atoms with Crippen LogP contribution in [-0.4, -0.2) is 45.4 Å². The minimum Gasteiger partial charge on any atom is -0.480 e. The molecule has 1 heterocycles. The first-order chi connectivity index (χ1) is 9.49. The number of nitrogens with zero attached hydrogens (tertiary/aromatic N) is 1. The summed E-state index contributed by atoms with van der Waals surface area (Å²) in [5.74, 6) is -1.62. The number of carbonyl (C=O) groups excluding carboxylic acids is 2. The number of carboxylic acids is 1. The number of nitrogens with one attached hydrogen (secondary N) is 3. The van der Waals surface area contributed by atoms with Crippen molar-refractivity contribution in [1.82, 2.24) is 20.6 Å². The number of hydrogen-bond acceptors (Lipinski definition) is 4. The van der Waals surface area contributed by atoms with Gasteiger partial charge in [-0.2, -0.15) is 0 Å². The number of carbonyl (C=O) groups is 3. The summed E-state index contributed by atoms with van der Waals surface area (Å²) >= 11 is 0. The lowest BCUT2D eigenvalue weighted by molar-refractivity contribution is -0.141. The molecule has 0 saturated heterocycles. The van der Waals surface area contributed by atoms with Gasteiger partial charge in [0, 0.05) is 38.2 Å². The van der Waals surface area contributed by atoms with Crippen LogP contribution in [0.4, 0.5) is 0 Å². The van der Waals surface area contributed by atoms with Gasteiger partial charge < -0.3 is 20.7 Å². The Hall–Kier alpha value is -2.38. The van der Waals surface area contributed by atoms with Crippen molar-refractivity contribution in [2.24, 2.45) is 0 Å². The topological polar surface area (TPSA) is 124 Å². The first-order valence-corrected chi connectivity index (χ1v) is 6.23. The van der Waals surface area contributed by atoms with E-state index in [0.717, 1.165) is 0 Å². The Kier molecular flexibility index (Phi) is 6.21. The lowest BCUT2D eigenvalue weighted by Crippen LogP contribution is -2.42. The zero-order chi connectivity index (χ0) is 15.0. The molecule has 1 aromatic heterocycles. The average Bonchev–Trinajstić information content (AvgIpc) is 2.86. The minimum absolute atomic E-state index is 0.146. The molecule has 0 saturated carbocycles. The number of imidazole rings is 1. The molecular formula is C12H18N4O4. The average molecular weight is 282 g/mol. The molecule has 1 rings (SSSR count). The van der Waals surface area contributed by atoms with Crippen LogP contribution in [0.3, 0.4) is 0 Å². The van der Waals surface area contributed by atoms with Gasteiger partial charge in [0.1, 0.15) is 6.04 Å². The van der Waals surface area contributed by atoms with Gasteiger partial charge in [-0.25, -0.2) is 9.78 Å². The van der Waals surface area contributed by atoms with Crippen molar-refractivity contribution in [3.8, 4) is 0 Å². The van der Waals surface area contributed by atoms with E-state index >= 15 is 0 Å². The van der Waals surface area contributed by atoms with Gasteiger partial charge >= 0.3 is 5.97 Å². The van der Waals surface area contributed by atoms with E-state index in [2.05, 4.69) is 20.6 Å². The number of aromatic amines is 1. The number of amides is 2. The zero-order valence-corrected chi connectivity index (χ0v) is 11.2. The highest BCUT2D eigenvalue weighted by molar-refractivity contribution is 5.83. The summed E-state index contributed by atoms with van der Waals surface area (Å²) in [5.41, 5.74) is 0.635. The Labute approximate surface area is 116 Å². The molecule has 0 aliphatic heterocycles. The van der Waals surface area contributed by atoms with Crippen molar-refractivity contribution in [3.63, 3.8) is 0 Å². The summed E-state index contributed by atoms with van der Waals surface area (Å²) in [7, 11) is 0. The molecule has 8 nitrogen and oxygen atoms in total. The molecule has 0 fully saturated rings. The molecule has 8 heteroatoms. The van der Waals surface area contributed by atoms with E-state index in [0.29, 0.717) is 18.7 Å². The summed E-state index contributed by atoms with van der Waals surface area (Å²) in [5, 5.41) is 14.1. The van der Waals surface area contributed by atoms with Gasteiger partial charge in [-0.1, -0.05) is 0 Å². The van der Waals surface area contributed by atoms with E-state index in [9.17, 15) is 14.4 Å². The van der Waals surface area contributed by atoms with E-state index < -0.39 is 12.0 Å². The number of aliphatic carboxylic acids is 1. The normalized spacial score (nSPS) is 11.7. The first kappa shape index (κ1) is 15.7. The molecule has 0 spiro atoms. The Balaban J connectivity index is 2.35. The van der Waals surface area contributed by atoms with Crippen LogP contribution in [-0.2, 0) is 20.8 Å². The maximum absolute atomic E-state index is 11.6. The second-order valence-electron chi connectivity index (χ2n) is 4.33. The predicted octanol–water partition coefficient (Wildman–Crippen LogP) is -0.562. The Morgan fingerprint density at radius 1 is 1.45 bits per heavy atom. The maximum Gasteiger partial charge on any atom is 0.326 e. The van der Waals surface area contributed by atoms with Crippen LogP contribution in [0, 0.1) is 0 Å². The van der Waals surface area contributed by atoms with Gasteiger partial charge in [-0.05, 0) is 6.42 Å². The van der Waals surface area contributed by atoms with Crippen LogP contribution in [0.5, 0.6) is 0 Å². The summed E-state index contributed by atoms with van der Waals surface area (Å²) in [6.45, 7) is 1.78. The van der Waals surface area contributed by atoms with Crippen LogP contribution < -0.4 is 10.6 Å². The molecule has 0 radical (unpaired) electrons. The third-order valence-electron chi connectivity index (χ3n) is 2.57. The monoisotopic (exact) mass is 282 g/mol. The highest BCUT2D eigenvalue weighted by atomic mass is 16.4. The van der Waals surface area contributed by atoms with E-state index in [1.807, 2.05) is 0 Å². The molecule has 20 heavy (non-hydrogen) atoms. The van der Waals surface area contributed by atoms with E-state index in [4.69, 9.17) is 5.11 Å². The molecule has 1 atom stereocenters.